The average Bonchev–Trinajstić information content (AvgIpc) is 2.77. The van der Waals surface area contributed by atoms with Gasteiger partial charge in [0.15, 0.2) is 0 Å². The van der Waals surface area contributed by atoms with Crippen molar-refractivity contribution in [1.82, 2.24) is 4.57 Å². The first-order chi connectivity index (χ1) is 8.66. The Kier molecular flexibility index (Phi) is 2.71. The summed E-state index contributed by atoms with van der Waals surface area (Å²) in [6, 6.07) is 13.1. The quantitative estimate of drug-likeness (QED) is 0.606. The fourth-order valence-corrected chi connectivity index (χ4v) is 2.59. The molecule has 0 aliphatic carbocycles. The van der Waals surface area contributed by atoms with Crippen LogP contribution in [0.4, 0.5) is 4.39 Å². The zero-order valence-electron chi connectivity index (χ0n) is 9.82. The molecule has 0 fully saturated rings. The highest BCUT2D eigenvalue weighted by atomic mass is 79.9. The van der Waals surface area contributed by atoms with Gasteiger partial charge >= 0.3 is 0 Å². The van der Waals surface area contributed by atoms with Crippen LogP contribution in [0.5, 0.6) is 0 Å². The lowest BCUT2D eigenvalue weighted by molar-refractivity contribution is 0.619. The Balaban J connectivity index is 2.35. The maximum atomic E-state index is 14.0. The summed E-state index contributed by atoms with van der Waals surface area (Å²) in [6.45, 7) is 2.04. The Bertz CT molecular complexity index is 730. The summed E-state index contributed by atoms with van der Waals surface area (Å²) in [5.41, 5.74) is 2.75. The van der Waals surface area contributed by atoms with Gasteiger partial charge in [0, 0.05) is 16.1 Å². The van der Waals surface area contributed by atoms with Crippen molar-refractivity contribution in [2.45, 2.75) is 6.92 Å². The molecule has 0 saturated carbocycles. The second kappa shape index (κ2) is 4.25. The zero-order chi connectivity index (χ0) is 12.7. The maximum Gasteiger partial charge on any atom is 0.147 e. The summed E-state index contributed by atoms with van der Waals surface area (Å²) in [6.07, 6.45) is 1.91. The lowest BCUT2D eigenvalue weighted by Gasteiger charge is -2.09. The Morgan fingerprint density at radius 1 is 1.11 bits per heavy atom. The SMILES string of the molecule is Cc1cccc2ccn(-c3cc(Br)ccc3F)c12. The molecule has 18 heavy (non-hydrogen) atoms. The van der Waals surface area contributed by atoms with E-state index in [-0.39, 0.29) is 5.82 Å². The molecule has 0 spiro atoms. The molecule has 1 nitrogen and oxygen atoms in total. The molecule has 0 radical (unpaired) electrons. The predicted molar refractivity (Wildman–Crippen MR) is 75.7 cm³/mol. The van der Waals surface area contributed by atoms with Crippen molar-refractivity contribution in [3.8, 4) is 5.69 Å². The van der Waals surface area contributed by atoms with E-state index in [1.807, 2.05) is 42.0 Å². The van der Waals surface area contributed by atoms with Gasteiger partial charge in [0.2, 0.25) is 0 Å². The lowest BCUT2D eigenvalue weighted by Crippen LogP contribution is -1.97. The number of aryl methyl sites for hydroxylation is 1. The monoisotopic (exact) mass is 303 g/mol. The average molecular weight is 304 g/mol. The van der Waals surface area contributed by atoms with Gasteiger partial charge in [-0.3, -0.25) is 0 Å². The molecular formula is C15H11BrFN. The molecule has 0 unspecified atom stereocenters. The number of para-hydroxylation sites is 1. The van der Waals surface area contributed by atoms with Crippen LogP contribution in [0, 0.1) is 12.7 Å². The van der Waals surface area contributed by atoms with E-state index in [1.165, 1.54) is 6.07 Å². The van der Waals surface area contributed by atoms with Crippen molar-refractivity contribution in [1.29, 1.82) is 0 Å². The predicted octanol–water partition coefficient (Wildman–Crippen LogP) is 4.84. The molecule has 3 rings (SSSR count). The van der Waals surface area contributed by atoms with Crippen LogP contribution in [0.15, 0.2) is 53.1 Å². The third kappa shape index (κ3) is 1.75. The number of fused-ring (bicyclic) bond motifs is 1. The summed E-state index contributed by atoms with van der Waals surface area (Å²) < 4.78 is 16.7. The van der Waals surface area contributed by atoms with Crippen LogP contribution in [0.2, 0.25) is 0 Å². The first-order valence-electron chi connectivity index (χ1n) is 5.69. The van der Waals surface area contributed by atoms with E-state index in [0.717, 1.165) is 20.9 Å². The van der Waals surface area contributed by atoms with Gasteiger partial charge in [0.05, 0.1) is 11.2 Å². The summed E-state index contributed by atoms with van der Waals surface area (Å²) >= 11 is 3.38. The number of halogens is 2. The van der Waals surface area contributed by atoms with Crippen LogP contribution < -0.4 is 0 Å². The minimum Gasteiger partial charge on any atom is -0.314 e. The van der Waals surface area contributed by atoms with E-state index in [2.05, 4.69) is 15.9 Å². The van der Waals surface area contributed by atoms with Crippen molar-refractivity contribution in [3.05, 3.63) is 64.5 Å². The van der Waals surface area contributed by atoms with Crippen LogP contribution in [0.25, 0.3) is 16.6 Å². The normalized spacial score (nSPS) is 11.1. The van der Waals surface area contributed by atoms with Gasteiger partial charge in [-0.25, -0.2) is 4.39 Å². The minimum absolute atomic E-state index is 0.223. The summed E-state index contributed by atoms with van der Waals surface area (Å²) in [5, 5.41) is 1.12. The Labute approximate surface area is 113 Å². The van der Waals surface area contributed by atoms with Gasteiger partial charge in [0.25, 0.3) is 0 Å². The van der Waals surface area contributed by atoms with E-state index in [0.29, 0.717) is 5.69 Å². The summed E-state index contributed by atoms with van der Waals surface area (Å²) in [7, 11) is 0. The second-order valence-corrected chi connectivity index (χ2v) is 5.21. The lowest BCUT2D eigenvalue weighted by atomic mass is 10.1. The van der Waals surface area contributed by atoms with E-state index >= 15 is 0 Å². The third-order valence-electron chi connectivity index (χ3n) is 3.08. The highest BCUT2D eigenvalue weighted by Gasteiger charge is 2.09. The topological polar surface area (TPSA) is 4.93 Å². The van der Waals surface area contributed by atoms with E-state index < -0.39 is 0 Å². The highest BCUT2D eigenvalue weighted by molar-refractivity contribution is 9.10. The maximum absolute atomic E-state index is 14.0. The van der Waals surface area contributed by atoms with Crippen LogP contribution in [-0.2, 0) is 0 Å². The van der Waals surface area contributed by atoms with Crippen LogP contribution in [0.1, 0.15) is 5.56 Å². The minimum atomic E-state index is -0.223. The van der Waals surface area contributed by atoms with Crippen LogP contribution in [0.3, 0.4) is 0 Å². The van der Waals surface area contributed by atoms with Gasteiger partial charge in [-0.1, -0.05) is 34.1 Å². The highest BCUT2D eigenvalue weighted by Crippen LogP contribution is 2.26. The third-order valence-corrected chi connectivity index (χ3v) is 3.57. The van der Waals surface area contributed by atoms with Crippen molar-refractivity contribution in [3.63, 3.8) is 0 Å². The molecule has 3 aromatic rings. The van der Waals surface area contributed by atoms with Crippen molar-refractivity contribution in [2.24, 2.45) is 0 Å². The number of nitrogens with zero attached hydrogens (tertiary/aromatic N) is 1. The number of rotatable bonds is 1. The molecule has 0 N–H and O–H groups in total. The number of hydrogen-bond acceptors (Lipinski definition) is 0. The van der Waals surface area contributed by atoms with E-state index in [4.69, 9.17) is 0 Å². The molecule has 0 bridgehead atoms. The largest absolute Gasteiger partial charge is 0.314 e. The first kappa shape index (κ1) is 11.5. The molecule has 90 valence electrons. The number of benzene rings is 2. The fourth-order valence-electron chi connectivity index (χ4n) is 2.25. The molecular weight excluding hydrogens is 293 g/mol. The molecule has 1 heterocycles. The molecule has 2 aromatic carbocycles. The fraction of sp³-hybridized carbons (Fsp3) is 0.0667. The van der Waals surface area contributed by atoms with Gasteiger partial charge in [-0.15, -0.1) is 0 Å². The van der Waals surface area contributed by atoms with Gasteiger partial charge in [0.1, 0.15) is 5.82 Å². The smallest absolute Gasteiger partial charge is 0.147 e. The van der Waals surface area contributed by atoms with Gasteiger partial charge < -0.3 is 4.57 Å². The van der Waals surface area contributed by atoms with Crippen molar-refractivity contribution >= 4 is 26.8 Å². The second-order valence-electron chi connectivity index (χ2n) is 4.29. The van der Waals surface area contributed by atoms with Crippen molar-refractivity contribution in [2.75, 3.05) is 0 Å². The van der Waals surface area contributed by atoms with Gasteiger partial charge in [-0.05, 0) is 36.8 Å². The first-order valence-corrected chi connectivity index (χ1v) is 6.48. The standard InChI is InChI=1S/C15H11BrFN/c1-10-3-2-4-11-7-8-18(15(10)11)14-9-12(16)5-6-13(14)17/h2-9H,1H3. The van der Waals surface area contributed by atoms with Crippen LogP contribution >= 0.6 is 15.9 Å². The Morgan fingerprint density at radius 2 is 1.94 bits per heavy atom. The Hall–Kier alpha value is -1.61. The molecule has 0 atom stereocenters. The molecule has 0 amide bonds. The van der Waals surface area contributed by atoms with Gasteiger partial charge in [-0.2, -0.15) is 0 Å². The Morgan fingerprint density at radius 3 is 2.78 bits per heavy atom. The summed E-state index contributed by atoms with van der Waals surface area (Å²) in [4.78, 5) is 0. The molecule has 0 saturated heterocycles. The van der Waals surface area contributed by atoms with Crippen LogP contribution in [-0.4, -0.2) is 4.57 Å². The zero-order valence-corrected chi connectivity index (χ0v) is 11.4. The number of aromatic nitrogens is 1. The molecule has 0 aliphatic rings. The molecule has 1 aromatic heterocycles. The van der Waals surface area contributed by atoms with E-state index in [1.54, 1.807) is 12.1 Å². The van der Waals surface area contributed by atoms with E-state index in [9.17, 15) is 4.39 Å². The number of hydrogen-bond donors (Lipinski definition) is 0. The molecule has 3 heteroatoms. The van der Waals surface area contributed by atoms with Crippen molar-refractivity contribution < 1.29 is 4.39 Å². The molecule has 0 aliphatic heterocycles. The summed E-state index contributed by atoms with van der Waals surface area (Å²) in [5.74, 6) is -0.223.